The van der Waals surface area contributed by atoms with Gasteiger partial charge in [0.25, 0.3) is 0 Å². The average Bonchev–Trinajstić information content (AvgIpc) is 2.39. The maximum Gasteiger partial charge on any atom is 0.134 e. The van der Waals surface area contributed by atoms with Crippen molar-refractivity contribution in [2.75, 3.05) is 0 Å². The predicted molar refractivity (Wildman–Crippen MR) is 60.4 cm³/mol. The fraction of sp³-hybridized carbons (Fsp3) is 0.111. The van der Waals surface area contributed by atoms with Gasteiger partial charge in [-0.05, 0) is 30.7 Å². The van der Waals surface area contributed by atoms with Gasteiger partial charge < -0.3 is 4.40 Å². The van der Waals surface area contributed by atoms with Crippen molar-refractivity contribution in [3.63, 3.8) is 0 Å². The van der Waals surface area contributed by atoms with Crippen molar-refractivity contribution >= 4 is 40.1 Å². The summed E-state index contributed by atoms with van der Waals surface area (Å²) >= 11 is 11.9. The van der Waals surface area contributed by atoms with Gasteiger partial charge >= 0.3 is 0 Å². The molecule has 0 amide bonds. The third-order valence-electron chi connectivity index (χ3n) is 2.00. The topological polar surface area (TPSA) is 4.41 Å². The van der Waals surface area contributed by atoms with Gasteiger partial charge in [-0.25, -0.2) is 0 Å². The highest BCUT2D eigenvalue weighted by Crippen LogP contribution is 2.46. The summed E-state index contributed by atoms with van der Waals surface area (Å²) in [7, 11) is 0. The van der Waals surface area contributed by atoms with Crippen LogP contribution in [-0.4, -0.2) is 4.40 Å². The van der Waals surface area contributed by atoms with E-state index in [-0.39, 0.29) is 0 Å². The Morgan fingerprint density at radius 1 is 1.31 bits per heavy atom. The number of hydrogen-bond acceptors (Lipinski definition) is 0. The van der Waals surface area contributed by atoms with Crippen LogP contribution in [0.3, 0.4) is 0 Å². The summed E-state index contributed by atoms with van der Waals surface area (Å²) in [4.78, 5) is 0. The number of aryl methyl sites for hydroxylation is 1. The number of nitrogens with zero attached hydrogens (tertiary/aromatic N) is 1. The summed E-state index contributed by atoms with van der Waals surface area (Å²) in [5.41, 5.74) is 3.32. The van der Waals surface area contributed by atoms with E-state index in [1.807, 2.05) is 35.7 Å². The Balaban J connectivity index is 2.78. The van der Waals surface area contributed by atoms with E-state index in [4.69, 9.17) is 22.5 Å². The molecular weight excluding hydrogens is 224 g/mol. The second kappa shape index (κ2) is 3.49. The molecule has 0 saturated heterocycles. The molecule has 2 heterocycles. The zero-order valence-corrected chi connectivity index (χ0v) is 9.44. The van der Waals surface area contributed by atoms with Crippen LogP contribution in [-0.2, 0) is 0 Å². The highest BCUT2D eigenvalue weighted by Gasteiger charge is 2.12. The minimum absolute atomic E-state index is 1.02. The number of rotatable bonds is 1. The summed E-state index contributed by atoms with van der Waals surface area (Å²) in [6.45, 7) is 0.958. The number of hydrogen-bond donors (Lipinski definition) is 0. The maximum atomic E-state index is 5.94. The first-order valence-electron chi connectivity index (χ1n) is 3.88. The van der Waals surface area contributed by atoms with E-state index < -0.39 is 6.63 Å². The van der Waals surface area contributed by atoms with Crippen LogP contribution in [0.5, 0.6) is 0 Å². The lowest BCUT2D eigenvalue weighted by Crippen LogP contribution is -2.05. The van der Waals surface area contributed by atoms with E-state index in [1.165, 1.54) is 0 Å². The summed E-state index contributed by atoms with van der Waals surface area (Å²) in [5, 5.41) is 0. The third-order valence-corrected chi connectivity index (χ3v) is 3.85. The molecule has 0 N–H and O–H groups in total. The Hall–Kier alpha value is -0.230. The normalized spacial score (nSPS) is 11.4. The molecule has 0 aliphatic rings. The van der Waals surface area contributed by atoms with Gasteiger partial charge in [0.05, 0.1) is 5.44 Å². The van der Waals surface area contributed by atoms with Gasteiger partial charge in [0.1, 0.15) is 6.63 Å². The Bertz CT molecular complexity index is 436. The molecule has 0 atom stereocenters. The number of fused-ring (bicyclic) bond motifs is 1. The van der Waals surface area contributed by atoms with Crippen molar-refractivity contribution in [2.24, 2.45) is 0 Å². The molecule has 13 heavy (non-hydrogen) atoms. The number of pyridine rings is 1. The molecule has 2 rings (SSSR count). The zero-order valence-electron chi connectivity index (χ0n) is 7.04. The lowest BCUT2D eigenvalue weighted by molar-refractivity contribution is 1.24. The van der Waals surface area contributed by atoms with Crippen LogP contribution in [0.4, 0.5) is 0 Å². The molecule has 2 aromatic rings. The molecule has 0 fully saturated rings. The van der Waals surface area contributed by atoms with Gasteiger partial charge in [0, 0.05) is 11.7 Å². The van der Waals surface area contributed by atoms with E-state index in [1.54, 1.807) is 0 Å². The summed E-state index contributed by atoms with van der Waals surface area (Å²) in [6, 6.07) is 8.12. The van der Waals surface area contributed by atoms with Crippen molar-refractivity contribution in [1.29, 1.82) is 0 Å². The van der Waals surface area contributed by atoms with Gasteiger partial charge in [-0.2, -0.15) is 0 Å². The fourth-order valence-electron chi connectivity index (χ4n) is 1.46. The largest absolute Gasteiger partial charge is 0.314 e. The van der Waals surface area contributed by atoms with Gasteiger partial charge in [0.2, 0.25) is 0 Å². The van der Waals surface area contributed by atoms with Gasteiger partial charge in [-0.1, -0.05) is 28.5 Å². The van der Waals surface area contributed by atoms with Crippen LogP contribution < -0.4 is 5.44 Å². The van der Waals surface area contributed by atoms with Crippen molar-refractivity contribution in [2.45, 2.75) is 6.92 Å². The summed E-state index contributed by atoms with van der Waals surface area (Å²) in [6.07, 6.45) is 1.98. The van der Waals surface area contributed by atoms with E-state index in [9.17, 15) is 0 Å². The van der Waals surface area contributed by atoms with Crippen LogP contribution in [0.2, 0.25) is 0 Å². The Morgan fingerprint density at radius 2 is 2.08 bits per heavy atom. The third kappa shape index (κ3) is 1.57. The van der Waals surface area contributed by atoms with Crippen molar-refractivity contribution < 1.29 is 0 Å². The number of halogens is 2. The SMILES string of the molecule is Cc1cc2ccccn2c1P(Cl)Cl. The van der Waals surface area contributed by atoms with Gasteiger partial charge in [-0.15, -0.1) is 0 Å². The van der Waals surface area contributed by atoms with E-state index in [0.717, 1.165) is 16.5 Å². The lowest BCUT2D eigenvalue weighted by atomic mass is 10.3. The molecule has 1 nitrogen and oxygen atoms in total. The average molecular weight is 232 g/mol. The quantitative estimate of drug-likeness (QED) is 0.661. The van der Waals surface area contributed by atoms with E-state index in [2.05, 4.69) is 6.07 Å². The summed E-state index contributed by atoms with van der Waals surface area (Å²) in [5.74, 6) is 0. The van der Waals surface area contributed by atoms with Crippen LogP contribution in [0.1, 0.15) is 5.56 Å². The minimum Gasteiger partial charge on any atom is -0.314 e. The first-order chi connectivity index (χ1) is 6.20. The van der Waals surface area contributed by atoms with E-state index in [0.29, 0.717) is 0 Å². The van der Waals surface area contributed by atoms with Crippen LogP contribution in [0.25, 0.3) is 5.52 Å². The molecule has 0 spiro atoms. The second-order valence-electron chi connectivity index (χ2n) is 2.88. The Labute approximate surface area is 87.6 Å². The van der Waals surface area contributed by atoms with Crippen LogP contribution in [0, 0.1) is 6.92 Å². The molecule has 0 saturated carbocycles. The lowest BCUT2D eigenvalue weighted by Gasteiger charge is -2.03. The molecule has 68 valence electrons. The van der Waals surface area contributed by atoms with Crippen molar-refractivity contribution in [1.82, 2.24) is 4.40 Å². The number of aromatic nitrogens is 1. The second-order valence-corrected chi connectivity index (χ2v) is 6.32. The first kappa shape index (κ1) is 9.33. The monoisotopic (exact) mass is 231 g/mol. The maximum absolute atomic E-state index is 5.94. The minimum atomic E-state index is -1.07. The molecule has 0 radical (unpaired) electrons. The molecular formula is C9H8Cl2NP. The summed E-state index contributed by atoms with van der Waals surface area (Å²) < 4.78 is 2.04. The molecule has 2 aromatic heterocycles. The molecule has 4 heteroatoms. The Morgan fingerprint density at radius 3 is 2.77 bits per heavy atom. The first-order valence-corrected chi connectivity index (χ1v) is 7.03. The van der Waals surface area contributed by atoms with Crippen molar-refractivity contribution in [3.05, 3.63) is 36.0 Å². The standard InChI is InChI=1S/C9H8Cl2NP/c1-7-6-8-4-2-3-5-12(8)9(7)13(10)11/h2-6H,1H3. The molecule has 0 bridgehead atoms. The smallest absolute Gasteiger partial charge is 0.134 e. The zero-order chi connectivity index (χ0) is 9.42. The van der Waals surface area contributed by atoms with Gasteiger partial charge in [-0.3, -0.25) is 0 Å². The molecule has 0 aromatic carbocycles. The van der Waals surface area contributed by atoms with Crippen LogP contribution in [0.15, 0.2) is 30.5 Å². The molecule has 0 aliphatic heterocycles. The highest BCUT2D eigenvalue weighted by molar-refractivity contribution is 8.08. The highest BCUT2D eigenvalue weighted by atomic mass is 35.9. The fourth-order valence-corrected chi connectivity index (χ4v) is 3.42. The Kier molecular flexibility index (Phi) is 2.51. The van der Waals surface area contributed by atoms with Gasteiger partial charge in [0.15, 0.2) is 0 Å². The molecule has 0 aliphatic carbocycles. The molecule has 0 unspecified atom stereocenters. The predicted octanol–water partition coefficient (Wildman–Crippen LogP) is 3.66. The van der Waals surface area contributed by atoms with E-state index >= 15 is 0 Å². The van der Waals surface area contributed by atoms with Crippen molar-refractivity contribution in [3.8, 4) is 0 Å². The van der Waals surface area contributed by atoms with Crippen LogP contribution >= 0.6 is 29.1 Å².